The molecule has 1 aromatic rings. The Kier molecular flexibility index (Phi) is 4.46. The summed E-state index contributed by atoms with van der Waals surface area (Å²) < 4.78 is 3.00. The van der Waals surface area contributed by atoms with Crippen LogP contribution in [0.2, 0.25) is 10.0 Å². The first-order valence-corrected chi connectivity index (χ1v) is 5.88. The van der Waals surface area contributed by atoms with Crippen molar-refractivity contribution in [2.45, 2.75) is 24.3 Å². The van der Waals surface area contributed by atoms with Crippen LogP contribution in [0.4, 0.5) is 0 Å². The molecule has 1 aromatic carbocycles. The van der Waals surface area contributed by atoms with Gasteiger partial charge in [0.2, 0.25) is 0 Å². The summed E-state index contributed by atoms with van der Waals surface area (Å²) in [5.74, 6) is 0. The van der Waals surface area contributed by atoms with E-state index in [0.717, 1.165) is 11.2 Å². The second kappa shape index (κ2) is 5.21. The van der Waals surface area contributed by atoms with E-state index in [9.17, 15) is 4.79 Å². The standard InChI is InChI=1S/C10H11Cl2NOS/c1-10(2,6-14)13-15-8-5-3-4-7(11)9(8)12/h3-6,13H,1-2H3. The number of carbonyl (C=O) groups excluding carboxylic acids is 1. The van der Waals surface area contributed by atoms with Gasteiger partial charge in [0, 0.05) is 4.90 Å². The zero-order chi connectivity index (χ0) is 11.5. The molecule has 0 spiro atoms. The topological polar surface area (TPSA) is 29.1 Å². The van der Waals surface area contributed by atoms with Crippen molar-refractivity contribution in [1.82, 2.24) is 4.72 Å². The average molecular weight is 264 g/mol. The summed E-state index contributed by atoms with van der Waals surface area (Å²) in [5.41, 5.74) is -0.587. The van der Waals surface area contributed by atoms with Crippen LogP contribution < -0.4 is 4.72 Å². The van der Waals surface area contributed by atoms with Crippen molar-refractivity contribution < 1.29 is 4.79 Å². The Bertz CT molecular complexity index is 368. The number of hydrogen-bond donors (Lipinski definition) is 1. The van der Waals surface area contributed by atoms with Crippen LogP contribution in [0.5, 0.6) is 0 Å². The van der Waals surface area contributed by atoms with Crippen LogP contribution in [0.3, 0.4) is 0 Å². The Balaban J connectivity index is 2.74. The molecule has 0 atom stereocenters. The summed E-state index contributed by atoms with van der Waals surface area (Å²) in [5, 5.41) is 1.01. The smallest absolute Gasteiger partial charge is 0.140 e. The lowest BCUT2D eigenvalue weighted by molar-refractivity contribution is -0.111. The zero-order valence-corrected chi connectivity index (χ0v) is 10.7. The summed E-state index contributed by atoms with van der Waals surface area (Å²) in [6.45, 7) is 3.57. The predicted molar refractivity (Wildman–Crippen MR) is 65.6 cm³/mol. The van der Waals surface area contributed by atoms with E-state index in [1.807, 2.05) is 12.1 Å². The molecule has 0 aliphatic carbocycles. The van der Waals surface area contributed by atoms with Gasteiger partial charge in [0.05, 0.1) is 15.6 Å². The second-order valence-corrected chi connectivity index (χ2v) is 5.23. The van der Waals surface area contributed by atoms with Gasteiger partial charge in [0.1, 0.15) is 6.29 Å². The summed E-state index contributed by atoms with van der Waals surface area (Å²) in [4.78, 5) is 11.5. The van der Waals surface area contributed by atoms with E-state index in [0.29, 0.717) is 10.0 Å². The lowest BCUT2D eigenvalue weighted by Crippen LogP contribution is -2.35. The van der Waals surface area contributed by atoms with Gasteiger partial charge in [-0.2, -0.15) is 0 Å². The van der Waals surface area contributed by atoms with Gasteiger partial charge in [-0.05, 0) is 37.9 Å². The van der Waals surface area contributed by atoms with Crippen LogP contribution in [0.15, 0.2) is 23.1 Å². The molecular weight excluding hydrogens is 253 g/mol. The largest absolute Gasteiger partial charge is 0.301 e. The molecule has 0 aliphatic rings. The number of carbonyl (C=O) groups is 1. The van der Waals surface area contributed by atoms with Crippen molar-refractivity contribution in [1.29, 1.82) is 0 Å². The second-order valence-electron chi connectivity index (χ2n) is 3.60. The molecule has 0 fully saturated rings. The van der Waals surface area contributed by atoms with Crippen molar-refractivity contribution in [3.05, 3.63) is 28.2 Å². The molecule has 0 amide bonds. The normalized spacial score (nSPS) is 11.5. The van der Waals surface area contributed by atoms with Gasteiger partial charge in [-0.1, -0.05) is 29.3 Å². The third-order valence-corrected chi connectivity index (χ3v) is 3.75. The fraction of sp³-hybridized carbons (Fsp3) is 0.300. The van der Waals surface area contributed by atoms with E-state index < -0.39 is 5.54 Å². The molecule has 0 saturated heterocycles. The number of halogens is 2. The number of benzene rings is 1. The third kappa shape index (κ3) is 3.68. The highest BCUT2D eigenvalue weighted by Gasteiger charge is 2.16. The van der Waals surface area contributed by atoms with Crippen LogP contribution >= 0.6 is 35.1 Å². The molecule has 0 saturated carbocycles. The Morgan fingerprint density at radius 2 is 2.07 bits per heavy atom. The molecule has 2 nitrogen and oxygen atoms in total. The maximum atomic E-state index is 10.7. The predicted octanol–water partition coefficient (Wildman–Crippen LogP) is 3.57. The zero-order valence-electron chi connectivity index (χ0n) is 8.38. The molecule has 82 valence electrons. The van der Waals surface area contributed by atoms with E-state index in [4.69, 9.17) is 23.2 Å². The number of aldehydes is 1. The molecule has 0 aliphatic heterocycles. The molecule has 5 heteroatoms. The maximum absolute atomic E-state index is 10.7. The van der Waals surface area contributed by atoms with E-state index in [1.54, 1.807) is 19.9 Å². The minimum Gasteiger partial charge on any atom is -0.301 e. The van der Waals surface area contributed by atoms with Crippen LogP contribution in [-0.4, -0.2) is 11.8 Å². The Morgan fingerprint density at radius 1 is 1.40 bits per heavy atom. The molecule has 0 unspecified atom stereocenters. The minimum atomic E-state index is -0.587. The first-order valence-electron chi connectivity index (χ1n) is 4.30. The Labute approximate surface area is 103 Å². The van der Waals surface area contributed by atoms with Crippen molar-refractivity contribution in [3.8, 4) is 0 Å². The molecule has 0 radical (unpaired) electrons. The van der Waals surface area contributed by atoms with Gasteiger partial charge < -0.3 is 4.79 Å². The minimum absolute atomic E-state index is 0.498. The van der Waals surface area contributed by atoms with E-state index in [2.05, 4.69) is 4.72 Å². The van der Waals surface area contributed by atoms with Gasteiger partial charge in [-0.15, -0.1) is 0 Å². The summed E-state index contributed by atoms with van der Waals surface area (Å²) in [6, 6.07) is 5.37. The monoisotopic (exact) mass is 263 g/mol. The van der Waals surface area contributed by atoms with Crippen molar-refractivity contribution in [2.75, 3.05) is 0 Å². The van der Waals surface area contributed by atoms with Crippen LogP contribution in [0.1, 0.15) is 13.8 Å². The highest BCUT2D eigenvalue weighted by Crippen LogP contribution is 2.32. The van der Waals surface area contributed by atoms with Gasteiger partial charge in [0.25, 0.3) is 0 Å². The van der Waals surface area contributed by atoms with Gasteiger partial charge in [-0.3, -0.25) is 0 Å². The number of rotatable bonds is 4. The summed E-state index contributed by atoms with van der Waals surface area (Å²) >= 11 is 13.1. The molecule has 0 heterocycles. The molecule has 0 aromatic heterocycles. The summed E-state index contributed by atoms with van der Waals surface area (Å²) in [7, 11) is 0. The fourth-order valence-corrected chi connectivity index (χ4v) is 2.01. The quantitative estimate of drug-likeness (QED) is 0.665. The highest BCUT2D eigenvalue weighted by molar-refractivity contribution is 7.97. The number of hydrogen-bond acceptors (Lipinski definition) is 3. The fourth-order valence-electron chi connectivity index (χ4n) is 0.773. The van der Waals surface area contributed by atoms with E-state index in [1.165, 1.54) is 11.9 Å². The first kappa shape index (κ1) is 12.8. The summed E-state index contributed by atoms with van der Waals surface area (Å²) in [6.07, 6.45) is 0.846. The van der Waals surface area contributed by atoms with E-state index in [-0.39, 0.29) is 0 Å². The van der Waals surface area contributed by atoms with Crippen LogP contribution in [0.25, 0.3) is 0 Å². The molecule has 0 bridgehead atoms. The van der Waals surface area contributed by atoms with E-state index >= 15 is 0 Å². The maximum Gasteiger partial charge on any atom is 0.140 e. The van der Waals surface area contributed by atoms with Crippen LogP contribution in [-0.2, 0) is 4.79 Å². The van der Waals surface area contributed by atoms with Crippen LogP contribution in [0, 0.1) is 0 Å². The van der Waals surface area contributed by atoms with Gasteiger partial charge >= 0.3 is 0 Å². The van der Waals surface area contributed by atoms with Gasteiger partial charge in [-0.25, -0.2) is 4.72 Å². The van der Waals surface area contributed by atoms with Gasteiger partial charge in [0.15, 0.2) is 0 Å². The number of nitrogens with one attached hydrogen (secondary N) is 1. The molecule has 1 rings (SSSR count). The Hall–Kier alpha value is -0.220. The average Bonchev–Trinajstić information content (AvgIpc) is 2.20. The van der Waals surface area contributed by atoms with Crippen molar-refractivity contribution in [3.63, 3.8) is 0 Å². The third-order valence-electron chi connectivity index (χ3n) is 1.63. The molecule has 15 heavy (non-hydrogen) atoms. The SMILES string of the molecule is CC(C)(C=O)NSc1cccc(Cl)c1Cl. The molecular formula is C10H11Cl2NOS. The van der Waals surface area contributed by atoms with Crippen molar-refractivity contribution >= 4 is 41.4 Å². The molecule has 1 N–H and O–H groups in total. The lowest BCUT2D eigenvalue weighted by Gasteiger charge is -2.18. The first-order chi connectivity index (χ1) is 6.96. The highest BCUT2D eigenvalue weighted by atomic mass is 35.5. The van der Waals surface area contributed by atoms with Crippen molar-refractivity contribution in [2.24, 2.45) is 0 Å². The Morgan fingerprint density at radius 3 is 2.67 bits per heavy atom. The lowest BCUT2D eigenvalue weighted by atomic mass is 10.1.